The van der Waals surface area contributed by atoms with E-state index in [1.807, 2.05) is 18.2 Å². The Morgan fingerprint density at radius 3 is 2.04 bits per heavy atom. The SMILES string of the molecule is CC(C)c1ccc(N2C(=O)C(O)=C(c3ccccc3)C2=O)cc1. The number of carbonyl (C=O) groups is 2. The molecule has 3 rings (SSSR count). The molecule has 0 bridgehead atoms. The van der Waals surface area contributed by atoms with Gasteiger partial charge in [0.25, 0.3) is 5.91 Å². The molecule has 2 aromatic carbocycles. The van der Waals surface area contributed by atoms with Gasteiger partial charge in [-0.05, 0) is 29.2 Å². The van der Waals surface area contributed by atoms with Crippen LogP contribution in [0.4, 0.5) is 5.69 Å². The Hall–Kier alpha value is -2.88. The van der Waals surface area contributed by atoms with Crippen molar-refractivity contribution in [3.05, 3.63) is 71.5 Å². The Kier molecular flexibility index (Phi) is 3.74. The van der Waals surface area contributed by atoms with Crippen molar-refractivity contribution in [1.29, 1.82) is 0 Å². The van der Waals surface area contributed by atoms with Gasteiger partial charge in [-0.3, -0.25) is 9.59 Å². The van der Waals surface area contributed by atoms with Crippen LogP contribution in [-0.4, -0.2) is 16.9 Å². The van der Waals surface area contributed by atoms with Crippen molar-refractivity contribution in [3.8, 4) is 0 Å². The number of imide groups is 1. The topological polar surface area (TPSA) is 57.6 Å². The monoisotopic (exact) mass is 307 g/mol. The van der Waals surface area contributed by atoms with E-state index in [2.05, 4.69) is 13.8 Å². The molecule has 116 valence electrons. The standard InChI is InChI=1S/C19H17NO3/c1-12(2)13-8-10-15(11-9-13)20-18(22)16(17(21)19(20)23)14-6-4-3-5-7-14/h3-12,21H,1-2H3. The summed E-state index contributed by atoms with van der Waals surface area (Å²) < 4.78 is 0. The quantitative estimate of drug-likeness (QED) is 0.881. The summed E-state index contributed by atoms with van der Waals surface area (Å²) in [5.41, 5.74) is 2.16. The highest BCUT2D eigenvalue weighted by atomic mass is 16.3. The predicted octanol–water partition coefficient (Wildman–Crippen LogP) is 3.65. The molecule has 1 aliphatic heterocycles. The minimum atomic E-state index is -0.689. The Bertz CT molecular complexity index is 789. The van der Waals surface area contributed by atoms with E-state index in [1.165, 1.54) is 0 Å². The lowest BCUT2D eigenvalue weighted by atomic mass is 10.0. The second-order valence-electron chi connectivity index (χ2n) is 5.78. The molecule has 0 fully saturated rings. The third-order valence-electron chi connectivity index (χ3n) is 3.94. The first-order valence-corrected chi connectivity index (χ1v) is 7.48. The fourth-order valence-corrected chi connectivity index (χ4v) is 2.63. The zero-order valence-corrected chi connectivity index (χ0v) is 13.0. The van der Waals surface area contributed by atoms with Crippen molar-refractivity contribution in [2.45, 2.75) is 19.8 Å². The average molecular weight is 307 g/mol. The number of rotatable bonds is 3. The van der Waals surface area contributed by atoms with E-state index in [1.54, 1.807) is 36.4 Å². The Morgan fingerprint density at radius 1 is 0.870 bits per heavy atom. The molecule has 0 aliphatic carbocycles. The van der Waals surface area contributed by atoms with Gasteiger partial charge in [-0.2, -0.15) is 0 Å². The molecule has 23 heavy (non-hydrogen) atoms. The van der Waals surface area contributed by atoms with Crippen LogP contribution >= 0.6 is 0 Å². The zero-order chi connectivity index (χ0) is 16.6. The highest BCUT2D eigenvalue weighted by molar-refractivity contribution is 6.44. The van der Waals surface area contributed by atoms with Crippen molar-refractivity contribution in [3.63, 3.8) is 0 Å². The fraction of sp³-hybridized carbons (Fsp3) is 0.158. The lowest BCUT2D eigenvalue weighted by Crippen LogP contribution is -2.31. The van der Waals surface area contributed by atoms with Crippen molar-refractivity contribution >= 4 is 23.1 Å². The predicted molar refractivity (Wildman–Crippen MR) is 89.0 cm³/mol. The smallest absolute Gasteiger partial charge is 0.301 e. The Balaban J connectivity index is 1.98. The summed E-state index contributed by atoms with van der Waals surface area (Å²) in [4.78, 5) is 26.0. The number of benzene rings is 2. The van der Waals surface area contributed by atoms with Gasteiger partial charge in [-0.1, -0.05) is 56.3 Å². The van der Waals surface area contributed by atoms with Crippen LogP contribution in [0, 0.1) is 0 Å². The molecule has 4 heteroatoms. The second kappa shape index (κ2) is 5.72. The van der Waals surface area contributed by atoms with E-state index in [-0.39, 0.29) is 5.57 Å². The lowest BCUT2D eigenvalue weighted by molar-refractivity contribution is -0.121. The molecule has 0 radical (unpaired) electrons. The first-order chi connectivity index (χ1) is 11.0. The number of amides is 2. The van der Waals surface area contributed by atoms with Crippen LogP contribution in [0.3, 0.4) is 0 Å². The highest BCUT2D eigenvalue weighted by Crippen LogP contribution is 2.32. The summed E-state index contributed by atoms with van der Waals surface area (Å²) in [6.45, 7) is 4.14. The van der Waals surface area contributed by atoms with Crippen LogP contribution in [0.5, 0.6) is 0 Å². The summed E-state index contributed by atoms with van der Waals surface area (Å²) in [5, 5.41) is 10.1. The normalized spacial score (nSPS) is 15.0. The van der Waals surface area contributed by atoms with Crippen LogP contribution in [0.1, 0.15) is 30.9 Å². The van der Waals surface area contributed by atoms with Crippen molar-refractivity contribution in [2.75, 3.05) is 4.90 Å². The van der Waals surface area contributed by atoms with E-state index in [9.17, 15) is 14.7 Å². The number of carbonyl (C=O) groups excluding carboxylic acids is 2. The van der Waals surface area contributed by atoms with E-state index in [4.69, 9.17) is 0 Å². The summed E-state index contributed by atoms with van der Waals surface area (Å²) in [7, 11) is 0. The zero-order valence-electron chi connectivity index (χ0n) is 13.0. The summed E-state index contributed by atoms with van der Waals surface area (Å²) in [6.07, 6.45) is 0. The number of hydrogen-bond acceptors (Lipinski definition) is 3. The molecule has 2 aromatic rings. The first-order valence-electron chi connectivity index (χ1n) is 7.48. The molecule has 0 saturated heterocycles. The van der Waals surface area contributed by atoms with Crippen LogP contribution < -0.4 is 4.90 Å². The highest BCUT2D eigenvalue weighted by Gasteiger charge is 2.40. The maximum atomic E-state index is 12.6. The Labute approximate surface area is 134 Å². The fourth-order valence-electron chi connectivity index (χ4n) is 2.63. The van der Waals surface area contributed by atoms with Crippen LogP contribution in [0.25, 0.3) is 5.57 Å². The summed E-state index contributed by atoms with van der Waals surface area (Å²) >= 11 is 0. The van der Waals surface area contributed by atoms with Crippen molar-refractivity contribution < 1.29 is 14.7 Å². The van der Waals surface area contributed by atoms with Gasteiger partial charge in [0.15, 0.2) is 5.76 Å². The molecule has 0 aromatic heterocycles. The van der Waals surface area contributed by atoms with Crippen LogP contribution in [0.2, 0.25) is 0 Å². The molecular formula is C19H17NO3. The average Bonchev–Trinajstić information content (AvgIpc) is 2.78. The van der Waals surface area contributed by atoms with Gasteiger partial charge in [-0.15, -0.1) is 0 Å². The number of aliphatic hydroxyl groups is 1. The lowest BCUT2D eigenvalue weighted by Gasteiger charge is -2.15. The van der Waals surface area contributed by atoms with Crippen LogP contribution in [0.15, 0.2) is 60.4 Å². The van der Waals surface area contributed by atoms with Gasteiger partial charge in [-0.25, -0.2) is 4.90 Å². The van der Waals surface area contributed by atoms with Gasteiger partial charge < -0.3 is 5.11 Å². The first kappa shape index (κ1) is 15.0. The van der Waals surface area contributed by atoms with E-state index < -0.39 is 17.6 Å². The number of nitrogens with zero attached hydrogens (tertiary/aromatic N) is 1. The van der Waals surface area contributed by atoms with Gasteiger partial charge in [0.05, 0.1) is 11.3 Å². The van der Waals surface area contributed by atoms with Crippen molar-refractivity contribution in [1.82, 2.24) is 0 Å². The number of aliphatic hydroxyl groups excluding tert-OH is 1. The maximum Gasteiger partial charge on any atom is 0.301 e. The third kappa shape index (κ3) is 2.52. The molecule has 1 aliphatic rings. The summed E-state index contributed by atoms with van der Waals surface area (Å²) in [5.74, 6) is -1.34. The Morgan fingerprint density at radius 2 is 1.48 bits per heavy atom. The summed E-state index contributed by atoms with van der Waals surface area (Å²) in [6, 6.07) is 15.9. The molecular weight excluding hydrogens is 290 g/mol. The number of hydrogen-bond donors (Lipinski definition) is 1. The van der Waals surface area contributed by atoms with E-state index >= 15 is 0 Å². The van der Waals surface area contributed by atoms with Crippen molar-refractivity contribution in [2.24, 2.45) is 0 Å². The van der Waals surface area contributed by atoms with Gasteiger partial charge in [0.2, 0.25) is 0 Å². The molecule has 4 nitrogen and oxygen atoms in total. The maximum absolute atomic E-state index is 12.6. The molecule has 1 heterocycles. The number of anilines is 1. The van der Waals surface area contributed by atoms with E-state index in [0.717, 1.165) is 10.5 Å². The largest absolute Gasteiger partial charge is 0.502 e. The van der Waals surface area contributed by atoms with Gasteiger partial charge >= 0.3 is 5.91 Å². The molecule has 0 unspecified atom stereocenters. The molecule has 0 atom stereocenters. The molecule has 2 amide bonds. The molecule has 0 saturated carbocycles. The van der Waals surface area contributed by atoms with Gasteiger partial charge in [0, 0.05) is 0 Å². The third-order valence-corrected chi connectivity index (χ3v) is 3.94. The van der Waals surface area contributed by atoms with Gasteiger partial charge in [0.1, 0.15) is 0 Å². The minimum absolute atomic E-state index is 0.0449. The van der Waals surface area contributed by atoms with Crippen LogP contribution in [-0.2, 0) is 9.59 Å². The molecule has 0 spiro atoms. The minimum Gasteiger partial charge on any atom is -0.502 e. The second-order valence-corrected chi connectivity index (χ2v) is 5.78. The molecule has 1 N–H and O–H groups in total. The van der Waals surface area contributed by atoms with E-state index in [0.29, 0.717) is 17.2 Å².